The molecule has 0 unspecified atom stereocenters. The molecule has 0 N–H and O–H groups in total. The quantitative estimate of drug-likeness (QED) is 0.498. The summed E-state index contributed by atoms with van der Waals surface area (Å²) in [4.78, 5) is 10.5. The Morgan fingerprint density at radius 2 is 1.93 bits per heavy atom. The molecule has 0 amide bonds. The van der Waals surface area contributed by atoms with Crippen LogP contribution in [-0.2, 0) is 0 Å². The number of hydrogen-bond donors (Lipinski definition) is 0. The Kier molecular flexibility index (Phi) is 3.02. The average molecular weight is 191 g/mol. The summed E-state index contributed by atoms with van der Waals surface area (Å²) in [5, 5.41) is 12.5. The summed E-state index contributed by atoms with van der Waals surface area (Å²) in [7, 11) is 0. The third-order valence-corrected chi connectivity index (χ3v) is 2.23. The smallest absolute Gasteiger partial charge is 0.258 e. The van der Waals surface area contributed by atoms with E-state index in [1.165, 1.54) is 0 Å². The second kappa shape index (κ2) is 4.05. The first-order valence-electron chi connectivity index (χ1n) is 4.48. The first kappa shape index (κ1) is 10.4. The third kappa shape index (κ3) is 1.66. The van der Waals surface area contributed by atoms with Crippen molar-refractivity contribution in [1.82, 2.24) is 0 Å². The van der Waals surface area contributed by atoms with Gasteiger partial charge in [-0.05, 0) is 26.0 Å². The van der Waals surface area contributed by atoms with Gasteiger partial charge in [0, 0.05) is 5.56 Å². The normalized spacial score (nSPS) is 13.4. The fourth-order valence-electron chi connectivity index (χ4n) is 1.53. The number of hydrogen-bond acceptors (Lipinski definition) is 2. The minimum atomic E-state index is -0.322. The number of aryl methyl sites for hydroxylation is 1. The molecule has 14 heavy (non-hydrogen) atoms. The highest BCUT2D eigenvalue weighted by molar-refractivity contribution is 5.47. The van der Waals surface area contributed by atoms with Crippen molar-refractivity contribution < 1.29 is 4.92 Å². The van der Waals surface area contributed by atoms with Gasteiger partial charge in [-0.25, -0.2) is 0 Å². The zero-order valence-corrected chi connectivity index (χ0v) is 8.57. The number of nitrogens with zero attached hydrogens (tertiary/aromatic N) is 1. The molecule has 0 aliphatic rings. The Bertz CT molecular complexity index is 475. The van der Waals surface area contributed by atoms with Gasteiger partial charge in [-0.1, -0.05) is 24.3 Å². The molecule has 3 heteroatoms. The van der Waals surface area contributed by atoms with Crippen LogP contribution in [0.3, 0.4) is 0 Å². The lowest BCUT2D eigenvalue weighted by Gasteiger charge is -1.98. The van der Waals surface area contributed by atoms with Crippen molar-refractivity contribution in [1.29, 1.82) is 0 Å². The van der Waals surface area contributed by atoms with Gasteiger partial charge in [0.25, 0.3) is 5.69 Å². The average Bonchev–Trinajstić information content (AvgIpc) is 2.16. The third-order valence-electron chi connectivity index (χ3n) is 2.23. The fraction of sp³-hybridized carbons (Fsp3) is 0.273. The Morgan fingerprint density at radius 3 is 2.36 bits per heavy atom. The van der Waals surface area contributed by atoms with Crippen molar-refractivity contribution in [3.05, 3.63) is 38.2 Å². The van der Waals surface area contributed by atoms with Crippen LogP contribution in [0, 0.1) is 17.0 Å². The molecular formula is C11H13NO2. The lowest BCUT2D eigenvalue weighted by molar-refractivity contribution is -0.386. The van der Waals surface area contributed by atoms with Gasteiger partial charge >= 0.3 is 0 Å². The van der Waals surface area contributed by atoms with Crippen LogP contribution in [0.25, 0.3) is 12.2 Å². The van der Waals surface area contributed by atoms with E-state index in [1.54, 1.807) is 19.1 Å². The van der Waals surface area contributed by atoms with Gasteiger partial charge < -0.3 is 0 Å². The fourth-order valence-corrected chi connectivity index (χ4v) is 1.53. The zero-order valence-electron chi connectivity index (χ0n) is 8.57. The van der Waals surface area contributed by atoms with E-state index in [0.717, 1.165) is 5.22 Å². The number of nitro groups is 1. The predicted molar refractivity (Wildman–Crippen MR) is 57.4 cm³/mol. The molecule has 0 heterocycles. The highest BCUT2D eigenvalue weighted by Gasteiger charge is 2.11. The van der Waals surface area contributed by atoms with Gasteiger partial charge in [0.15, 0.2) is 0 Å². The molecule has 0 aliphatic heterocycles. The van der Waals surface area contributed by atoms with Gasteiger partial charge in [0.1, 0.15) is 0 Å². The SMILES string of the molecule is C/C=c1/ccc(C)c([N+](=O)[O-])/c1=C/C. The second-order valence-corrected chi connectivity index (χ2v) is 3.07. The van der Waals surface area contributed by atoms with Crippen molar-refractivity contribution >= 4 is 17.8 Å². The maximum absolute atomic E-state index is 10.8. The van der Waals surface area contributed by atoms with Crippen LogP contribution in [0.4, 0.5) is 5.69 Å². The van der Waals surface area contributed by atoms with E-state index in [4.69, 9.17) is 0 Å². The molecule has 0 aliphatic carbocycles. The van der Waals surface area contributed by atoms with Crippen LogP contribution >= 0.6 is 0 Å². The van der Waals surface area contributed by atoms with E-state index in [-0.39, 0.29) is 10.6 Å². The monoisotopic (exact) mass is 191 g/mol. The second-order valence-electron chi connectivity index (χ2n) is 3.07. The van der Waals surface area contributed by atoms with Crippen molar-refractivity contribution in [2.75, 3.05) is 0 Å². The van der Waals surface area contributed by atoms with Crippen LogP contribution in [0.5, 0.6) is 0 Å². The van der Waals surface area contributed by atoms with Crippen LogP contribution in [0.1, 0.15) is 19.4 Å². The topological polar surface area (TPSA) is 43.1 Å². The van der Waals surface area contributed by atoms with Crippen molar-refractivity contribution in [3.8, 4) is 0 Å². The van der Waals surface area contributed by atoms with Crippen molar-refractivity contribution in [2.45, 2.75) is 20.8 Å². The summed E-state index contributed by atoms with van der Waals surface area (Å²) in [5.74, 6) is 0. The molecular weight excluding hydrogens is 178 g/mol. The summed E-state index contributed by atoms with van der Waals surface area (Å²) in [6.07, 6.45) is 3.66. The molecule has 0 bridgehead atoms. The Morgan fingerprint density at radius 1 is 1.29 bits per heavy atom. The maximum Gasteiger partial charge on any atom is 0.279 e. The molecule has 0 spiro atoms. The first-order chi connectivity index (χ1) is 6.61. The molecule has 0 saturated carbocycles. The maximum atomic E-state index is 10.8. The summed E-state index contributed by atoms with van der Waals surface area (Å²) in [6, 6.07) is 3.68. The highest BCUT2D eigenvalue weighted by Crippen LogP contribution is 2.08. The molecule has 74 valence electrons. The van der Waals surface area contributed by atoms with Crippen LogP contribution in [0.2, 0.25) is 0 Å². The Labute approximate surface area is 82.5 Å². The summed E-state index contributed by atoms with van der Waals surface area (Å²) in [5.41, 5.74) is 0.914. The lowest BCUT2D eigenvalue weighted by Crippen LogP contribution is -2.27. The van der Waals surface area contributed by atoms with E-state index in [9.17, 15) is 10.1 Å². The Balaban J connectivity index is 3.80. The standard InChI is InChI=1S/C11H13NO2/c1-4-9-7-6-8(3)11(12(13)14)10(9)5-2/h4-7H,1-3H3/b9-4-,10-5+. The number of benzene rings is 1. The van der Waals surface area contributed by atoms with Crippen LogP contribution in [-0.4, -0.2) is 4.92 Å². The van der Waals surface area contributed by atoms with Gasteiger partial charge in [0.2, 0.25) is 0 Å². The number of rotatable bonds is 1. The molecule has 0 radical (unpaired) electrons. The summed E-state index contributed by atoms with van der Waals surface area (Å²) < 4.78 is 0. The minimum absolute atomic E-state index is 0.211. The minimum Gasteiger partial charge on any atom is -0.258 e. The molecule has 0 saturated heterocycles. The van der Waals surface area contributed by atoms with Crippen molar-refractivity contribution in [2.24, 2.45) is 0 Å². The molecule has 1 aromatic carbocycles. The largest absolute Gasteiger partial charge is 0.279 e. The van der Waals surface area contributed by atoms with Gasteiger partial charge in [-0.2, -0.15) is 0 Å². The molecule has 0 aromatic heterocycles. The van der Waals surface area contributed by atoms with E-state index >= 15 is 0 Å². The zero-order chi connectivity index (χ0) is 10.7. The molecule has 1 aromatic rings. The van der Waals surface area contributed by atoms with E-state index in [2.05, 4.69) is 0 Å². The van der Waals surface area contributed by atoms with Crippen LogP contribution in [0.15, 0.2) is 12.1 Å². The molecule has 0 fully saturated rings. The Hall–Kier alpha value is -1.64. The number of nitro benzene ring substituents is 1. The first-order valence-corrected chi connectivity index (χ1v) is 4.48. The molecule has 0 atom stereocenters. The highest BCUT2D eigenvalue weighted by atomic mass is 16.6. The van der Waals surface area contributed by atoms with E-state index < -0.39 is 0 Å². The van der Waals surface area contributed by atoms with Crippen molar-refractivity contribution in [3.63, 3.8) is 0 Å². The van der Waals surface area contributed by atoms with Gasteiger partial charge in [-0.3, -0.25) is 10.1 Å². The molecule has 1 rings (SSSR count). The van der Waals surface area contributed by atoms with Gasteiger partial charge in [-0.15, -0.1) is 0 Å². The van der Waals surface area contributed by atoms with Crippen LogP contribution < -0.4 is 10.4 Å². The molecule has 3 nitrogen and oxygen atoms in total. The lowest BCUT2D eigenvalue weighted by atomic mass is 10.1. The van der Waals surface area contributed by atoms with E-state index in [1.807, 2.05) is 26.0 Å². The summed E-state index contributed by atoms with van der Waals surface area (Å²) >= 11 is 0. The van der Waals surface area contributed by atoms with E-state index in [0.29, 0.717) is 10.8 Å². The summed E-state index contributed by atoms with van der Waals surface area (Å²) in [6.45, 7) is 5.45. The predicted octanol–water partition coefficient (Wildman–Crippen LogP) is 1.50. The van der Waals surface area contributed by atoms with Gasteiger partial charge in [0.05, 0.1) is 10.1 Å².